The van der Waals surface area contributed by atoms with Crippen LogP contribution in [0.3, 0.4) is 0 Å². The van der Waals surface area contributed by atoms with Crippen LogP contribution in [0.25, 0.3) is 22.2 Å². The zero-order chi connectivity index (χ0) is 21.8. The Bertz CT molecular complexity index is 1270. The van der Waals surface area contributed by atoms with Crippen LogP contribution in [0.15, 0.2) is 77.9 Å². The Hall–Kier alpha value is -2.53. The number of nitrogens with zero attached hydrogens (tertiary/aromatic N) is 2. The summed E-state index contributed by atoms with van der Waals surface area (Å²) in [6.45, 7) is 0. The minimum absolute atomic E-state index is 0.287. The number of hydrogen-bond acceptors (Lipinski definition) is 4. The van der Waals surface area contributed by atoms with E-state index < -0.39 is 0 Å². The molecular formula is C24H17I2N3O2. The molecule has 0 aliphatic carbocycles. The molecule has 0 saturated heterocycles. The first-order valence-electron chi connectivity index (χ1n) is 9.38. The summed E-state index contributed by atoms with van der Waals surface area (Å²) >= 11 is 4.44. The number of fused-ring (bicyclic) bond motifs is 1. The van der Waals surface area contributed by atoms with Crippen molar-refractivity contribution in [2.24, 2.45) is 5.10 Å². The predicted octanol–water partition coefficient (Wildman–Crippen LogP) is 5.88. The van der Waals surface area contributed by atoms with E-state index in [0.29, 0.717) is 5.56 Å². The van der Waals surface area contributed by atoms with Crippen molar-refractivity contribution in [1.82, 2.24) is 10.4 Å². The molecule has 1 amide bonds. The highest BCUT2D eigenvalue weighted by Gasteiger charge is 2.13. The van der Waals surface area contributed by atoms with E-state index in [2.05, 4.69) is 55.7 Å². The van der Waals surface area contributed by atoms with Crippen LogP contribution in [0.4, 0.5) is 0 Å². The molecule has 7 heteroatoms. The lowest BCUT2D eigenvalue weighted by Crippen LogP contribution is -2.18. The van der Waals surface area contributed by atoms with Crippen molar-refractivity contribution in [3.05, 3.63) is 91.1 Å². The normalized spacial score (nSPS) is 11.1. The van der Waals surface area contributed by atoms with Crippen LogP contribution < -0.4 is 10.2 Å². The maximum absolute atomic E-state index is 13.0. The third kappa shape index (κ3) is 4.87. The summed E-state index contributed by atoms with van der Waals surface area (Å²) in [7, 11) is 1.65. The summed E-state index contributed by atoms with van der Waals surface area (Å²) in [4.78, 5) is 17.7. The van der Waals surface area contributed by atoms with Crippen molar-refractivity contribution in [3.8, 4) is 17.0 Å². The number of rotatable bonds is 5. The van der Waals surface area contributed by atoms with Crippen LogP contribution in [0.2, 0.25) is 0 Å². The Morgan fingerprint density at radius 3 is 2.39 bits per heavy atom. The number of benzene rings is 3. The molecule has 0 aliphatic heterocycles. The second-order valence-corrected chi connectivity index (χ2v) is 8.98. The number of nitrogens with one attached hydrogen (secondary N) is 1. The molecule has 0 fully saturated rings. The fourth-order valence-electron chi connectivity index (χ4n) is 3.19. The molecule has 4 aromatic rings. The van der Waals surface area contributed by atoms with E-state index in [9.17, 15) is 4.79 Å². The van der Waals surface area contributed by atoms with Crippen molar-refractivity contribution in [3.63, 3.8) is 0 Å². The quantitative estimate of drug-likeness (QED) is 0.170. The molecule has 1 aromatic heterocycles. The molecule has 0 aliphatic rings. The first-order valence-corrected chi connectivity index (χ1v) is 11.5. The van der Waals surface area contributed by atoms with Gasteiger partial charge in [-0.05, 0) is 75.0 Å². The van der Waals surface area contributed by atoms with Gasteiger partial charge < -0.3 is 4.74 Å². The zero-order valence-electron chi connectivity index (χ0n) is 16.5. The lowest BCUT2D eigenvalue weighted by atomic mass is 10.0. The summed E-state index contributed by atoms with van der Waals surface area (Å²) in [5.74, 6) is 0.545. The molecule has 0 unspecified atom stereocenters. The predicted molar refractivity (Wildman–Crippen MR) is 141 cm³/mol. The number of ether oxygens (including phenoxy) is 1. The van der Waals surface area contributed by atoms with Crippen LogP contribution in [0, 0.1) is 7.14 Å². The Morgan fingerprint density at radius 1 is 1.00 bits per heavy atom. The number of carbonyl (C=O) groups excluding carboxylic acids is 1. The standard InChI is InChI=1S/C24H17I2N3O2/c1-31-23-19(25)11-15(12-20(23)26)14-27-29-24(30)18-13-22(16-7-3-2-4-8-16)28-21-10-6-5-9-17(18)21/h2-14H,1H3,(H,29,30)/b27-14+. The van der Waals surface area contributed by atoms with E-state index in [1.54, 1.807) is 13.3 Å². The molecule has 31 heavy (non-hydrogen) atoms. The van der Waals surface area contributed by atoms with Crippen molar-refractivity contribution >= 4 is 68.2 Å². The monoisotopic (exact) mass is 633 g/mol. The summed E-state index contributed by atoms with van der Waals surface area (Å²) in [5, 5.41) is 4.95. The third-order valence-corrected chi connectivity index (χ3v) is 6.24. The Balaban J connectivity index is 1.64. The lowest BCUT2D eigenvalue weighted by molar-refractivity contribution is 0.0956. The highest BCUT2D eigenvalue weighted by atomic mass is 127. The van der Waals surface area contributed by atoms with Gasteiger partial charge in [0.2, 0.25) is 0 Å². The van der Waals surface area contributed by atoms with E-state index in [1.165, 1.54) is 0 Å². The topological polar surface area (TPSA) is 63.6 Å². The molecule has 0 saturated carbocycles. The van der Waals surface area contributed by atoms with Crippen LogP contribution in [0.5, 0.6) is 5.75 Å². The maximum Gasteiger partial charge on any atom is 0.272 e. The number of amides is 1. The fourth-order valence-corrected chi connectivity index (χ4v) is 5.45. The number of para-hydroxylation sites is 1. The van der Waals surface area contributed by atoms with Gasteiger partial charge >= 0.3 is 0 Å². The Kier molecular flexibility index (Phi) is 6.81. The summed E-state index contributed by atoms with van der Waals surface area (Å²) in [6, 6.07) is 23.1. The Morgan fingerprint density at radius 2 is 1.68 bits per heavy atom. The second-order valence-electron chi connectivity index (χ2n) is 6.66. The van der Waals surface area contributed by atoms with Gasteiger partial charge in [0.25, 0.3) is 5.91 Å². The van der Waals surface area contributed by atoms with Gasteiger partial charge in [-0.3, -0.25) is 4.79 Å². The van der Waals surface area contributed by atoms with Crippen molar-refractivity contribution in [1.29, 1.82) is 0 Å². The average molecular weight is 633 g/mol. The average Bonchev–Trinajstić information content (AvgIpc) is 2.78. The van der Waals surface area contributed by atoms with Gasteiger partial charge in [-0.1, -0.05) is 48.5 Å². The smallest absolute Gasteiger partial charge is 0.272 e. The van der Waals surface area contributed by atoms with Crippen LogP contribution >= 0.6 is 45.2 Å². The first-order chi connectivity index (χ1) is 15.1. The summed E-state index contributed by atoms with van der Waals surface area (Å²) in [5.41, 5.74) is 6.51. The molecule has 1 heterocycles. The number of aromatic nitrogens is 1. The molecule has 154 valence electrons. The third-order valence-electron chi connectivity index (χ3n) is 4.63. The SMILES string of the molecule is COc1c(I)cc(/C=N/NC(=O)c2cc(-c3ccccc3)nc3ccccc23)cc1I. The maximum atomic E-state index is 13.0. The highest BCUT2D eigenvalue weighted by molar-refractivity contribution is 14.1. The van der Waals surface area contributed by atoms with Crippen LogP contribution in [-0.2, 0) is 0 Å². The van der Waals surface area contributed by atoms with E-state index in [1.807, 2.05) is 72.8 Å². The number of hydrazone groups is 1. The van der Waals surface area contributed by atoms with Gasteiger partial charge in [-0.15, -0.1) is 0 Å². The number of pyridine rings is 1. The second kappa shape index (κ2) is 9.73. The minimum Gasteiger partial charge on any atom is -0.495 e. The molecule has 0 spiro atoms. The van der Waals surface area contributed by atoms with Crippen LogP contribution in [0.1, 0.15) is 15.9 Å². The largest absolute Gasteiger partial charge is 0.495 e. The molecule has 1 N–H and O–H groups in total. The molecule has 3 aromatic carbocycles. The van der Waals surface area contributed by atoms with Crippen molar-refractivity contribution in [2.45, 2.75) is 0 Å². The summed E-state index contributed by atoms with van der Waals surface area (Å²) < 4.78 is 7.34. The first kappa shape index (κ1) is 21.7. The lowest BCUT2D eigenvalue weighted by Gasteiger charge is -2.09. The van der Waals surface area contributed by atoms with E-state index in [-0.39, 0.29) is 5.91 Å². The molecule has 4 rings (SSSR count). The van der Waals surface area contributed by atoms with Crippen molar-refractivity contribution < 1.29 is 9.53 Å². The molecule has 0 atom stereocenters. The minimum atomic E-state index is -0.287. The van der Waals surface area contributed by atoms with Gasteiger partial charge in [0.05, 0.1) is 37.2 Å². The van der Waals surface area contributed by atoms with E-state index in [4.69, 9.17) is 9.72 Å². The number of halogens is 2. The van der Waals surface area contributed by atoms with Gasteiger partial charge in [0, 0.05) is 10.9 Å². The fraction of sp³-hybridized carbons (Fsp3) is 0.0417. The van der Waals surface area contributed by atoms with Crippen molar-refractivity contribution in [2.75, 3.05) is 7.11 Å². The number of carbonyl (C=O) groups is 1. The van der Waals surface area contributed by atoms with Gasteiger partial charge in [-0.25, -0.2) is 10.4 Å². The molecule has 0 bridgehead atoms. The molecular weight excluding hydrogens is 616 g/mol. The Labute approximate surface area is 207 Å². The van der Waals surface area contributed by atoms with Gasteiger partial charge in [-0.2, -0.15) is 5.10 Å². The van der Waals surface area contributed by atoms with Crippen LogP contribution in [-0.4, -0.2) is 24.2 Å². The van der Waals surface area contributed by atoms with E-state index >= 15 is 0 Å². The van der Waals surface area contributed by atoms with Gasteiger partial charge in [0.1, 0.15) is 5.75 Å². The van der Waals surface area contributed by atoms with E-state index in [0.717, 1.165) is 40.6 Å². The molecule has 0 radical (unpaired) electrons. The number of methoxy groups -OCH3 is 1. The summed E-state index contributed by atoms with van der Waals surface area (Å²) in [6.07, 6.45) is 1.63. The van der Waals surface area contributed by atoms with Gasteiger partial charge in [0.15, 0.2) is 0 Å². The number of hydrogen-bond donors (Lipinski definition) is 1. The zero-order valence-corrected chi connectivity index (χ0v) is 20.8. The highest BCUT2D eigenvalue weighted by Crippen LogP contribution is 2.28. The molecule has 5 nitrogen and oxygen atoms in total.